The van der Waals surface area contributed by atoms with Gasteiger partial charge in [-0.3, -0.25) is 9.89 Å². The lowest BCUT2D eigenvalue weighted by Crippen LogP contribution is -2.33. The molecule has 0 aliphatic rings. The van der Waals surface area contributed by atoms with Crippen LogP contribution in [0.2, 0.25) is 0 Å². The highest BCUT2D eigenvalue weighted by atomic mass is 16.2. The largest absolute Gasteiger partial charge is 0.399 e. The van der Waals surface area contributed by atoms with Crippen LogP contribution < -0.4 is 5.73 Å². The molecule has 6 nitrogen and oxygen atoms in total. The first kappa shape index (κ1) is 13.4. The van der Waals surface area contributed by atoms with Gasteiger partial charge in [-0.1, -0.05) is 0 Å². The van der Waals surface area contributed by atoms with E-state index < -0.39 is 0 Å². The first-order valence-electron chi connectivity index (χ1n) is 6.13. The molecule has 0 spiro atoms. The molecule has 19 heavy (non-hydrogen) atoms. The summed E-state index contributed by atoms with van der Waals surface area (Å²) in [6, 6.07) is 5.38. The van der Waals surface area contributed by atoms with Gasteiger partial charge in [-0.05, 0) is 32.3 Å². The quantitative estimate of drug-likeness (QED) is 0.797. The molecular weight excluding hydrogens is 242 g/mol. The van der Waals surface area contributed by atoms with Crippen LogP contribution >= 0.6 is 0 Å². The van der Waals surface area contributed by atoms with E-state index in [-0.39, 0.29) is 5.91 Å². The third-order valence-electron chi connectivity index (χ3n) is 3.02. The average Bonchev–Trinajstić information content (AvgIpc) is 2.77. The van der Waals surface area contributed by atoms with Crippen molar-refractivity contribution in [3.05, 3.63) is 23.9 Å². The molecule has 0 saturated carbocycles. The maximum atomic E-state index is 12.3. The normalized spacial score (nSPS) is 11.2. The van der Waals surface area contributed by atoms with E-state index in [1.54, 1.807) is 24.1 Å². The van der Waals surface area contributed by atoms with E-state index in [9.17, 15) is 4.79 Å². The zero-order chi connectivity index (χ0) is 14.0. The highest BCUT2D eigenvalue weighted by Gasteiger charge is 2.18. The summed E-state index contributed by atoms with van der Waals surface area (Å²) in [5.41, 5.74) is 7.62. The number of aromatic amines is 1. The van der Waals surface area contributed by atoms with Gasteiger partial charge in [0.05, 0.1) is 5.52 Å². The van der Waals surface area contributed by atoms with Crippen molar-refractivity contribution in [2.45, 2.75) is 0 Å². The van der Waals surface area contributed by atoms with E-state index in [4.69, 9.17) is 5.73 Å². The molecule has 1 heterocycles. The number of nitrogen functional groups attached to an aromatic ring is 1. The number of hydrogen-bond acceptors (Lipinski definition) is 4. The third-order valence-corrected chi connectivity index (χ3v) is 3.02. The first-order valence-corrected chi connectivity index (χ1v) is 6.13. The molecule has 2 rings (SSSR count). The van der Waals surface area contributed by atoms with Crippen molar-refractivity contribution in [2.24, 2.45) is 0 Å². The summed E-state index contributed by atoms with van der Waals surface area (Å²) in [5.74, 6) is -0.0984. The molecule has 3 N–H and O–H groups in total. The minimum absolute atomic E-state index is 0.0984. The van der Waals surface area contributed by atoms with Crippen molar-refractivity contribution in [3.8, 4) is 0 Å². The maximum absolute atomic E-state index is 12.3. The summed E-state index contributed by atoms with van der Waals surface area (Å²) in [6.07, 6.45) is 0. The minimum atomic E-state index is -0.0984. The highest BCUT2D eigenvalue weighted by molar-refractivity contribution is 6.05. The summed E-state index contributed by atoms with van der Waals surface area (Å²) < 4.78 is 0. The Balaban J connectivity index is 2.23. The average molecular weight is 261 g/mol. The van der Waals surface area contributed by atoms with Crippen molar-refractivity contribution in [1.29, 1.82) is 0 Å². The number of nitrogens with zero attached hydrogens (tertiary/aromatic N) is 3. The zero-order valence-corrected chi connectivity index (χ0v) is 11.5. The number of H-pyrrole nitrogens is 1. The summed E-state index contributed by atoms with van der Waals surface area (Å²) in [4.78, 5) is 16.0. The Morgan fingerprint density at radius 2 is 2.05 bits per heavy atom. The second kappa shape index (κ2) is 5.27. The van der Waals surface area contributed by atoms with Gasteiger partial charge in [0.1, 0.15) is 0 Å². The van der Waals surface area contributed by atoms with Crippen LogP contribution in [0.4, 0.5) is 5.69 Å². The van der Waals surface area contributed by atoms with E-state index in [0.717, 1.165) is 17.4 Å². The van der Waals surface area contributed by atoms with Gasteiger partial charge in [-0.25, -0.2) is 0 Å². The van der Waals surface area contributed by atoms with Gasteiger partial charge < -0.3 is 15.5 Å². The van der Waals surface area contributed by atoms with Gasteiger partial charge in [-0.2, -0.15) is 5.10 Å². The molecule has 0 radical (unpaired) electrons. The lowest BCUT2D eigenvalue weighted by Gasteiger charge is -2.18. The van der Waals surface area contributed by atoms with Gasteiger partial charge in [0.15, 0.2) is 5.69 Å². The molecule has 0 atom stereocenters. The van der Waals surface area contributed by atoms with E-state index in [1.807, 2.05) is 25.1 Å². The molecule has 0 unspecified atom stereocenters. The molecule has 0 saturated heterocycles. The van der Waals surface area contributed by atoms with Crippen molar-refractivity contribution >= 4 is 22.5 Å². The lowest BCUT2D eigenvalue weighted by atomic mass is 10.2. The topological polar surface area (TPSA) is 78.2 Å². The van der Waals surface area contributed by atoms with Crippen molar-refractivity contribution in [2.75, 3.05) is 40.0 Å². The second-order valence-electron chi connectivity index (χ2n) is 4.91. The van der Waals surface area contributed by atoms with E-state index in [0.29, 0.717) is 17.9 Å². The molecule has 2 aromatic rings. The monoisotopic (exact) mass is 261 g/mol. The van der Waals surface area contributed by atoms with Gasteiger partial charge in [0.2, 0.25) is 0 Å². The summed E-state index contributed by atoms with van der Waals surface area (Å²) in [5, 5.41) is 7.72. The number of amides is 1. The number of nitrogens with two attached hydrogens (primary N) is 1. The van der Waals surface area contributed by atoms with Crippen LogP contribution in [0.3, 0.4) is 0 Å². The fourth-order valence-corrected chi connectivity index (χ4v) is 1.83. The fraction of sp³-hybridized carbons (Fsp3) is 0.385. The van der Waals surface area contributed by atoms with Crippen LogP contribution in [0.25, 0.3) is 10.9 Å². The van der Waals surface area contributed by atoms with E-state index in [2.05, 4.69) is 10.2 Å². The predicted octanol–water partition coefficient (Wildman–Crippen LogP) is 0.779. The smallest absolute Gasteiger partial charge is 0.274 e. The minimum Gasteiger partial charge on any atom is -0.399 e. The van der Waals surface area contributed by atoms with Crippen LogP contribution in [0.1, 0.15) is 10.5 Å². The number of aromatic nitrogens is 2. The number of anilines is 1. The Kier molecular flexibility index (Phi) is 3.71. The molecule has 0 bridgehead atoms. The Morgan fingerprint density at radius 3 is 2.74 bits per heavy atom. The van der Waals surface area contributed by atoms with Crippen LogP contribution in [0.5, 0.6) is 0 Å². The molecule has 1 amide bonds. The van der Waals surface area contributed by atoms with Crippen LogP contribution in [0, 0.1) is 0 Å². The SMILES string of the molecule is CN(C)CCN(C)C(=O)c1n[nH]c2ccc(N)cc12. The number of fused-ring (bicyclic) bond motifs is 1. The maximum Gasteiger partial charge on any atom is 0.274 e. The number of carbonyl (C=O) groups is 1. The first-order chi connectivity index (χ1) is 8.99. The molecule has 0 aliphatic heterocycles. The molecule has 0 aliphatic carbocycles. The molecule has 1 aromatic carbocycles. The van der Waals surface area contributed by atoms with Crippen LogP contribution in [-0.2, 0) is 0 Å². The Morgan fingerprint density at radius 1 is 1.32 bits per heavy atom. The summed E-state index contributed by atoms with van der Waals surface area (Å²) in [6.45, 7) is 1.47. The standard InChI is InChI=1S/C13H19N5O/c1-17(2)6-7-18(3)13(19)12-10-8-9(14)4-5-11(10)15-16-12/h4-5,8H,6-7,14H2,1-3H3,(H,15,16). The number of benzene rings is 1. The van der Waals surface area contributed by atoms with Crippen LogP contribution in [0.15, 0.2) is 18.2 Å². The second-order valence-corrected chi connectivity index (χ2v) is 4.91. The molecule has 1 aromatic heterocycles. The van der Waals surface area contributed by atoms with Gasteiger partial charge >= 0.3 is 0 Å². The number of likely N-dealkylation sites (N-methyl/N-ethyl adjacent to an activating group) is 2. The zero-order valence-electron chi connectivity index (χ0n) is 11.5. The molecule has 0 fully saturated rings. The van der Waals surface area contributed by atoms with E-state index >= 15 is 0 Å². The highest BCUT2D eigenvalue weighted by Crippen LogP contribution is 2.19. The Labute approximate surface area is 112 Å². The number of hydrogen-bond donors (Lipinski definition) is 2. The molecule has 102 valence electrons. The Bertz CT molecular complexity index is 590. The predicted molar refractivity (Wildman–Crippen MR) is 76.0 cm³/mol. The van der Waals surface area contributed by atoms with Crippen molar-refractivity contribution in [3.63, 3.8) is 0 Å². The van der Waals surface area contributed by atoms with Gasteiger partial charge in [0, 0.05) is 31.2 Å². The number of nitrogens with one attached hydrogen (secondary N) is 1. The molecular formula is C13H19N5O. The number of carbonyl (C=O) groups excluding carboxylic acids is 1. The van der Waals surface area contributed by atoms with Crippen molar-refractivity contribution in [1.82, 2.24) is 20.0 Å². The Hall–Kier alpha value is -2.08. The third kappa shape index (κ3) is 2.85. The van der Waals surface area contributed by atoms with Crippen LogP contribution in [-0.4, -0.2) is 60.1 Å². The van der Waals surface area contributed by atoms with Gasteiger partial charge in [0.25, 0.3) is 5.91 Å². The lowest BCUT2D eigenvalue weighted by molar-refractivity contribution is 0.0782. The summed E-state index contributed by atoms with van der Waals surface area (Å²) >= 11 is 0. The summed E-state index contributed by atoms with van der Waals surface area (Å²) in [7, 11) is 5.73. The molecule has 6 heteroatoms. The van der Waals surface area contributed by atoms with Gasteiger partial charge in [-0.15, -0.1) is 0 Å². The fourth-order valence-electron chi connectivity index (χ4n) is 1.83. The van der Waals surface area contributed by atoms with E-state index in [1.165, 1.54) is 0 Å². The van der Waals surface area contributed by atoms with Crippen molar-refractivity contribution < 1.29 is 4.79 Å². The number of rotatable bonds is 4.